The Morgan fingerprint density at radius 1 is 0.577 bits per heavy atom. The van der Waals surface area contributed by atoms with E-state index in [-0.39, 0.29) is 0 Å². The van der Waals surface area contributed by atoms with Crippen molar-refractivity contribution in [2.24, 2.45) is 0 Å². The van der Waals surface area contributed by atoms with Gasteiger partial charge in [-0.25, -0.2) is 0 Å². The highest BCUT2D eigenvalue weighted by atomic mass is 14.2. The topological polar surface area (TPSA) is 0 Å². The molecule has 3 rings (SSSR count). The SMILES string of the molecule is Cc1ccc(Cc2[c]cccc2Cc2ccc(C)c(C)c2C)c(C)c1C. The minimum atomic E-state index is 0.951. The van der Waals surface area contributed by atoms with Gasteiger partial charge in [-0.1, -0.05) is 42.5 Å². The lowest BCUT2D eigenvalue weighted by Gasteiger charge is -2.16. The summed E-state index contributed by atoms with van der Waals surface area (Å²) in [6.45, 7) is 13.3. The fourth-order valence-corrected chi connectivity index (χ4v) is 3.64. The lowest BCUT2D eigenvalue weighted by molar-refractivity contribution is 1.05. The lowest BCUT2D eigenvalue weighted by Crippen LogP contribution is -2.02. The molecule has 0 atom stereocenters. The summed E-state index contributed by atoms with van der Waals surface area (Å²) >= 11 is 0. The highest BCUT2D eigenvalue weighted by Gasteiger charge is 2.11. The quantitative estimate of drug-likeness (QED) is 0.507. The predicted molar refractivity (Wildman–Crippen MR) is 112 cm³/mol. The van der Waals surface area contributed by atoms with Gasteiger partial charge >= 0.3 is 0 Å². The number of hydrogen-bond donors (Lipinski definition) is 0. The van der Waals surface area contributed by atoms with Crippen molar-refractivity contribution in [1.29, 1.82) is 0 Å². The van der Waals surface area contributed by atoms with E-state index in [0.29, 0.717) is 0 Å². The van der Waals surface area contributed by atoms with Crippen molar-refractivity contribution in [1.82, 2.24) is 0 Å². The van der Waals surface area contributed by atoms with Crippen LogP contribution in [0.25, 0.3) is 0 Å². The third-order valence-corrected chi connectivity index (χ3v) is 6.13. The zero-order chi connectivity index (χ0) is 18.8. The minimum absolute atomic E-state index is 0.951. The van der Waals surface area contributed by atoms with Crippen molar-refractivity contribution in [2.45, 2.75) is 54.4 Å². The van der Waals surface area contributed by atoms with Crippen LogP contribution in [0.2, 0.25) is 0 Å². The molecule has 0 saturated carbocycles. The Bertz CT molecular complexity index is 866. The van der Waals surface area contributed by atoms with Crippen molar-refractivity contribution in [3.63, 3.8) is 0 Å². The molecule has 3 aromatic carbocycles. The molecule has 0 aliphatic rings. The number of hydrogen-bond acceptors (Lipinski definition) is 0. The maximum absolute atomic E-state index is 3.51. The monoisotopic (exact) mass is 341 g/mol. The van der Waals surface area contributed by atoms with E-state index < -0.39 is 0 Å². The maximum Gasteiger partial charge on any atom is -0.00140 e. The molecule has 0 amide bonds. The molecule has 0 bridgehead atoms. The van der Waals surface area contributed by atoms with E-state index in [1.807, 2.05) is 6.07 Å². The third kappa shape index (κ3) is 3.60. The number of rotatable bonds is 4. The predicted octanol–water partition coefficient (Wildman–Crippen LogP) is 6.52. The minimum Gasteiger partial charge on any atom is -0.0613 e. The summed E-state index contributed by atoms with van der Waals surface area (Å²) < 4.78 is 0. The van der Waals surface area contributed by atoms with Crippen molar-refractivity contribution < 1.29 is 0 Å². The van der Waals surface area contributed by atoms with Gasteiger partial charge < -0.3 is 0 Å². The van der Waals surface area contributed by atoms with Gasteiger partial charge in [0.15, 0.2) is 0 Å². The van der Waals surface area contributed by atoms with Crippen LogP contribution in [0.3, 0.4) is 0 Å². The average molecular weight is 342 g/mol. The second-order valence-corrected chi connectivity index (χ2v) is 7.61. The van der Waals surface area contributed by atoms with E-state index >= 15 is 0 Å². The van der Waals surface area contributed by atoms with Gasteiger partial charge in [-0.2, -0.15) is 0 Å². The summed E-state index contributed by atoms with van der Waals surface area (Å²) in [6, 6.07) is 19.0. The van der Waals surface area contributed by atoms with Crippen molar-refractivity contribution in [3.8, 4) is 0 Å². The van der Waals surface area contributed by atoms with Gasteiger partial charge in [0.05, 0.1) is 0 Å². The molecule has 0 unspecified atom stereocenters. The molecular formula is C26H29. The molecule has 0 aliphatic heterocycles. The molecule has 133 valence electrons. The van der Waals surface area contributed by atoms with Crippen LogP contribution in [0, 0.1) is 47.6 Å². The molecule has 1 radical (unpaired) electrons. The smallest absolute Gasteiger partial charge is 0.00140 e. The van der Waals surface area contributed by atoms with Crippen LogP contribution in [0.15, 0.2) is 42.5 Å². The number of benzene rings is 3. The van der Waals surface area contributed by atoms with E-state index in [0.717, 1.165) is 12.8 Å². The Kier molecular flexibility index (Phi) is 5.32. The fraction of sp³-hybridized carbons (Fsp3) is 0.308. The Morgan fingerprint density at radius 2 is 1.12 bits per heavy atom. The van der Waals surface area contributed by atoms with Crippen LogP contribution < -0.4 is 0 Å². The molecule has 26 heavy (non-hydrogen) atoms. The molecule has 0 heterocycles. The zero-order valence-electron chi connectivity index (χ0n) is 17.0. The second-order valence-electron chi connectivity index (χ2n) is 7.61. The maximum atomic E-state index is 3.51. The first-order chi connectivity index (χ1) is 12.4. The van der Waals surface area contributed by atoms with Gasteiger partial charge in [0.2, 0.25) is 0 Å². The standard InChI is InChI=1S/C26H29/c1-17-11-13-23(21(5)19(17)3)15-25-9-7-8-10-26(25)16-24-14-12-18(2)20(4)22(24)6/h7-9,11-14H,15-16H2,1-6H3. The summed E-state index contributed by atoms with van der Waals surface area (Å²) in [5.74, 6) is 0. The molecule has 0 N–H and O–H groups in total. The lowest BCUT2D eigenvalue weighted by atomic mass is 9.89. The normalized spacial score (nSPS) is 11.0. The Morgan fingerprint density at radius 3 is 1.69 bits per heavy atom. The first kappa shape index (κ1) is 18.5. The molecule has 0 spiro atoms. The zero-order valence-corrected chi connectivity index (χ0v) is 17.0. The van der Waals surface area contributed by atoms with Gasteiger partial charge in [0, 0.05) is 0 Å². The Hall–Kier alpha value is -2.34. The summed E-state index contributed by atoms with van der Waals surface area (Å²) in [6.07, 6.45) is 1.93. The van der Waals surface area contributed by atoms with Crippen molar-refractivity contribution >= 4 is 0 Å². The molecule has 0 aliphatic carbocycles. The highest BCUT2D eigenvalue weighted by molar-refractivity contribution is 5.45. The summed E-state index contributed by atoms with van der Waals surface area (Å²) in [7, 11) is 0. The molecule has 0 nitrogen and oxygen atoms in total. The van der Waals surface area contributed by atoms with Crippen LogP contribution in [0.1, 0.15) is 55.6 Å². The fourth-order valence-electron chi connectivity index (χ4n) is 3.64. The van der Waals surface area contributed by atoms with E-state index in [1.165, 1.54) is 55.6 Å². The van der Waals surface area contributed by atoms with Crippen LogP contribution in [0.5, 0.6) is 0 Å². The second kappa shape index (κ2) is 7.50. The van der Waals surface area contributed by atoms with E-state index in [9.17, 15) is 0 Å². The van der Waals surface area contributed by atoms with E-state index in [2.05, 4.69) is 84.0 Å². The van der Waals surface area contributed by atoms with Gasteiger partial charge in [-0.05, 0) is 116 Å². The van der Waals surface area contributed by atoms with Crippen molar-refractivity contribution in [3.05, 3.63) is 104 Å². The summed E-state index contributed by atoms with van der Waals surface area (Å²) in [4.78, 5) is 0. The van der Waals surface area contributed by atoms with E-state index in [4.69, 9.17) is 0 Å². The van der Waals surface area contributed by atoms with Gasteiger partial charge in [-0.15, -0.1) is 0 Å². The Labute approximate surface area is 158 Å². The Balaban J connectivity index is 1.95. The third-order valence-electron chi connectivity index (χ3n) is 6.13. The van der Waals surface area contributed by atoms with Crippen LogP contribution in [-0.2, 0) is 12.8 Å². The van der Waals surface area contributed by atoms with Gasteiger partial charge in [-0.3, -0.25) is 0 Å². The highest BCUT2D eigenvalue weighted by Crippen LogP contribution is 2.25. The molecule has 0 aromatic heterocycles. The first-order valence-corrected chi connectivity index (χ1v) is 9.48. The van der Waals surface area contributed by atoms with Gasteiger partial charge in [0.25, 0.3) is 0 Å². The van der Waals surface area contributed by atoms with E-state index in [1.54, 1.807) is 0 Å². The summed E-state index contributed by atoms with van der Waals surface area (Å²) in [5, 5.41) is 0. The van der Waals surface area contributed by atoms with Crippen LogP contribution >= 0.6 is 0 Å². The van der Waals surface area contributed by atoms with Crippen molar-refractivity contribution in [2.75, 3.05) is 0 Å². The molecule has 3 aromatic rings. The largest absolute Gasteiger partial charge is 0.0613 e. The molecule has 0 heteroatoms. The average Bonchev–Trinajstić information content (AvgIpc) is 2.64. The molecule has 0 saturated heterocycles. The van der Waals surface area contributed by atoms with Gasteiger partial charge in [0.1, 0.15) is 0 Å². The van der Waals surface area contributed by atoms with Crippen LogP contribution in [-0.4, -0.2) is 0 Å². The first-order valence-electron chi connectivity index (χ1n) is 9.48. The molecule has 0 fully saturated rings. The van der Waals surface area contributed by atoms with Crippen LogP contribution in [0.4, 0.5) is 0 Å². The molecular weight excluding hydrogens is 312 g/mol. The summed E-state index contributed by atoms with van der Waals surface area (Å²) in [5.41, 5.74) is 13.9. The number of aryl methyl sites for hydroxylation is 2.